The van der Waals surface area contributed by atoms with Gasteiger partial charge in [0.25, 0.3) is 0 Å². The van der Waals surface area contributed by atoms with Crippen LogP contribution < -0.4 is 0 Å². The predicted octanol–water partition coefficient (Wildman–Crippen LogP) is 3.35. The molecule has 2 heterocycles. The molecule has 0 radical (unpaired) electrons. The molecule has 0 spiro atoms. The zero-order valence-electron chi connectivity index (χ0n) is 12.1. The number of aryl methyl sites for hydroxylation is 1. The highest BCUT2D eigenvalue weighted by molar-refractivity contribution is 7.99. The van der Waals surface area contributed by atoms with Crippen molar-refractivity contribution in [2.75, 3.05) is 5.75 Å². The van der Waals surface area contributed by atoms with Gasteiger partial charge in [-0.1, -0.05) is 30.0 Å². The van der Waals surface area contributed by atoms with Crippen molar-refractivity contribution < 1.29 is 4.39 Å². The molecule has 0 aliphatic rings. The molecule has 3 rings (SSSR count). The zero-order chi connectivity index (χ0) is 15.4. The van der Waals surface area contributed by atoms with Gasteiger partial charge < -0.3 is 4.57 Å². The van der Waals surface area contributed by atoms with Crippen LogP contribution in [-0.2, 0) is 13.5 Å². The van der Waals surface area contributed by atoms with Gasteiger partial charge in [0, 0.05) is 24.7 Å². The van der Waals surface area contributed by atoms with E-state index < -0.39 is 0 Å². The van der Waals surface area contributed by atoms with Crippen LogP contribution in [0.5, 0.6) is 0 Å². The molecule has 0 saturated heterocycles. The lowest BCUT2D eigenvalue weighted by Gasteiger charge is -2.04. The molecular weight excluding hydrogens is 299 g/mol. The van der Waals surface area contributed by atoms with Crippen molar-refractivity contribution in [1.29, 1.82) is 0 Å². The van der Waals surface area contributed by atoms with Gasteiger partial charge in [-0.25, -0.2) is 4.39 Å². The zero-order valence-corrected chi connectivity index (χ0v) is 12.9. The Kier molecular flexibility index (Phi) is 4.48. The first-order valence-corrected chi connectivity index (χ1v) is 7.91. The van der Waals surface area contributed by atoms with Crippen molar-refractivity contribution in [3.8, 4) is 11.4 Å². The van der Waals surface area contributed by atoms with Gasteiger partial charge in [0.15, 0.2) is 11.0 Å². The van der Waals surface area contributed by atoms with Crippen molar-refractivity contribution in [2.24, 2.45) is 7.05 Å². The molecule has 0 N–H and O–H groups in total. The lowest BCUT2D eigenvalue weighted by Crippen LogP contribution is -1.98. The SMILES string of the molecule is Cn1c(SCCc2ccccn2)nnc1-c1ccccc1F. The van der Waals surface area contributed by atoms with Crippen molar-refractivity contribution in [3.63, 3.8) is 0 Å². The Bertz CT molecular complexity index is 758. The Hall–Kier alpha value is -2.21. The van der Waals surface area contributed by atoms with Gasteiger partial charge in [-0.2, -0.15) is 0 Å². The van der Waals surface area contributed by atoms with Gasteiger partial charge in [0.2, 0.25) is 0 Å². The number of hydrogen-bond acceptors (Lipinski definition) is 4. The summed E-state index contributed by atoms with van der Waals surface area (Å²) in [7, 11) is 1.85. The maximum absolute atomic E-state index is 13.8. The summed E-state index contributed by atoms with van der Waals surface area (Å²) in [6.07, 6.45) is 2.64. The molecule has 22 heavy (non-hydrogen) atoms. The fourth-order valence-electron chi connectivity index (χ4n) is 2.11. The van der Waals surface area contributed by atoms with Gasteiger partial charge in [0.1, 0.15) is 5.82 Å². The third-order valence-electron chi connectivity index (χ3n) is 3.27. The first-order valence-electron chi connectivity index (χ1n) is 6.92. The first kappa shape index (κ1) is 14.7. The molecule has 4 nitrogen and oxygen atoms in total. The Morgan fingerprint density at radius 1 is 1.09 bits per heavy atom. The topological polar surface area (TPSA) is 43.6 Å². The molecule has 0 bridgehead atoms. The van der Waals surface area contributed by atoms with Gasteiger partial charge in [-0.05, 0) is 30.7 Å². The normalized spacial score (nSPS) is 10.8. The molecular formula is C16H15FN4S. The van der Waals surface area contributed by atoms with E-state index in [2.05, 4.69) is 15.2 Å². The minimum absolute atomic E-state index is 0.289. The molecule has 112 valence electrons. The summed E-state index contributed by atoms with van der Waals surface area (Å²) in [4.78, 5) is 4.29. The van der Waals surface area contributed by atoms with E-state index in [0.29, 0.717) is 11.4 Å². The Labute approximate surface area is 132 Å². The molecule has 0 aliphatic carbocycles. The molecule has 0 amide bonds. The number of pyridine rings is 1. The summed E-state index contributed by atoms with van der Waals surface area (Å²) in [5.74, 6) is 1.10. The third kappa shape index (κ3) is 3.17. The van der Waals surface area contributed by atoms with Gasteiger partial charge in [-0.3, -0.25) is 4.98 Å². The molecule has 0 atom stereocenters. The Morgan fingerprint density at radius 3 is 2.68 bits per heavy atom. The fourth-order valence-corrected chi connectivity index (χ4v) is 2.98. The smallest absolute Gasteiger partial charge is 0.191 e. The maximum Gasteiger partial charge on any atom is 0.191 e. The average molecular weight is 314 g/mol. The van der Waals surface area contributed by atoms with Crippen molar-refractivity contribution in [1.82, 2.24) is 19.7 Å². The van der Waals surface area contributed by atoms with Gasteiger partial charge in [0.05, 0.1) is 5.56 Å². The number of nitrogens with zero attached hydrogens (tertiary/aromatic N) is 4. The van der Waals surface area contributed by atoms with Crippen LogP contribution in [0, 0.1) is 5.82 Å². The summed E-state index contributed by atoms with van der Waals surface area (Å²) in [5, 5.41) is 9.03. The number of halogens is 1. The highest BCUT2D eigenvalue weighted by atomic mass is 32.2. The molecule has 3 aromatic rings. The summed E-state index contributed by atoms with van der Waals surface area (Å²) >= 11 is 1.59. The summed E-state index contributed by atoms with van der Waals surface area (Å²) in [5.41, 5.74) is 1.51. The predicted molar refractivity (Wildman–Crippen MR) is 85.1 cm³/mol. The van der Waals surface area contributed by atoms with Crippen LogP contribution >= 0.6 is 11.8 Å². The monoisotopic (exact) mass is 314 g/mol. The molecule has 0 aliphatic heterocycles. The van der Waals surface area contributed by atoms with Gasteiger partial charge >= 0.3 is 0 Å². The highest BCUT2D eigenvalue weighted by Crippen LogP contribution is 2.24. The van der Waals surface area contributed by atoms with Crippen molar-refractivity contribution >= 4 is 11.8 Å². The second-order valence-corrected chi connectivity index (χ2v) is 5.83. The lowest BCUT2D eigenvalue weighted by atomic mass is 10.2. The summed E-state index contributed by atoms with van der Waals surface area (Å²) < 4.78 is 15.7. The molecule has 2 aromatic heterocycles. The Balaban J connectivity index is 1.70. The van der Waals surface area contributed by atoms with E-state index in [-0.39, 0.29) is 5.82 Å². The highest BCUT2D eigenvalue weighted by Gasteiger charge is 2.14. The van der Waals surface area contributed by atoms with Crippen LogP contribution in [0.2, 0.25) is 0 Å². The quantitative estimate of drug-likeness (QED) is 0.677. The van der Waals surface area contributed by atoms with Crippen molar-refractivity contribution in [3.05, 3.63) is 60.2 Å². The third-order valence-corrected chi connectivity index (χ3v) is 4.29. The standard InChI is InChI=1S/C16H15FN4S/c1-21-15(13-7-2-3-8-14(13)17)19-20-16(21)22-11-9-12-6-4-5-10-18-12/h2-8,10H,9,11H2,1H3. The van der Waals surface area contributed by atoms with Crippen LogP contribution in [0.1, 0.15) is 5.69 Å². The number of thioether (sulfide) groups is 1. The first-order chi connectivity index (χ1) is 10.8. The molecule has 0 saturated carbocycles. The van der Waals surface area contributed by atoms with E-state index in [4.69, 9.17) is 0 Å². The largest absolute Gasteiger partial charge is 0.305 e. The maximum atomic E-state index is 13.8. The number of benzene rings is 1. The molecule has 1 aromatic carbocycles. The average Bonchev–Trinajstić information content (AvgIpc) is 2.90. The number of hydrogen-bond donors (Lipinski definition) is 0. The lowest BCUT2D eigenvalue weighted by molar-refractivity contribution is 0.628. The second-order valence-electron chi connectivity index (χ2n) is 4.76. The van der Waals surface area contributed by atoms with Crippen LogP contribution in [-0.4, -0.2) is 25.5 Å². The number of aromatic nitrogens is 4. The minimum Gasteiger partial charge on any atom is -0.305 e. The van der Waals surface area contributed by atoms with E-state index in [1.54, 1.807) is 36.2 Å². The van der Waals surface area contributed by atoms with Crippen LogP contribution in [0.3, 0.4) is 0 Å². The molecule has 0 fully saturated rings. The van der Waals surface area contributed by atoms with E-state index >= 15 is 0 Å². The second kappa shape index (κ2) is 6.70. The van der Waals surface area contributed by atoms with E-state index in [9.17, 15) is 4.39 Å². The van der Waals surface area contributed by atoms with E-state index in [1.165, 1.54) is 6.07 Å². The molecule has 6 heteroatoms. The summed E-state index contributed by atoms with van der Waals surface area (Å²) in [6.45, 7) is 0. The Morgan fingerprint density at radius 2 is 1.91 bits per heavy atom. The number of rotatable bonds is 5. The minimum atomic E-state index is -0.289. The summed E-state index contributed by atoms with van der Waals surface area (Å²) in [6, 6.07) is 12.5. The fraction of sp³-hybridized carbons (Fsp3) is 0.188. The van der Waals surface area contributed by atoms with E-state index in [1.807, 2.05) is 29.8 Å². The van der Waals surface area contributed by atoms with Crippen LogP contribution in [0.4, 0.5) is 4.39 Å². The van der Waals surface area contributed by atoms with Crippen LogP contribution in [0.25, 0.3) is 11.4 Å². The van der Waals surface area contributed by atoms with Crippen molar-refractivity contribution in [2.45, 2.75) is 11.6 Å². The van der Waals surface area contributed by atoms with Crippen LogP contribution in [0.15, 0.2) is 53.8 Å². The molecule has 0 unspecified atom stereocenters. The van der Waals surface area contributed by atoms with Gasteiger partial charge in [-0.15, -0.1) is 10.2 Å². The van der Waals surface area contributed by atoms with E-state index in [0.717, 1.165) is 23.0 Å².